The van der Waals surface area contributed by atoms with Gasteiger partial charge in [-0.2, -0.15) is 0 Å². The summed E-state index contributed by atoms with van der Waals surface area (Å²) in [6, 6.07) is 1.90. The fourth-order valence-corrected chi connectivity index (χ4v) is 2.48. The third-order valence-electron chi connectivity index (χ3n) is 3.55. The molecule has 0 bridgehead atoms. The molecule has 1 aliphatic rings. The summed E-state index contributed by atoms with van der Waals surface area (Å²) in [7, 11) is 1.58. The number of carbonyl (C=O) groups excluding carboxylic acids is 1. The van der Waals surface area contributed by atoms with Crippen molar-refractivity contribution < 1.29 is 14.1 Å². The maximum Gasteiger partial charge on any atom is 0.225 e. The molecule has 1 saturated heterocycles. The van der Waals surface area contributed by atoms with Gasteiger partial charge in [0.15, 0.2) is 5.76 Å². The zero-order chi connectivity index (χ0) is 13.8. The normalized spacial score (nSPS) is 20.8. The second-order valence-electron chi connectivity index (χ2n) is 4.91. The summed E-state index contributed by atoms with van der Waals surface area (Å²) in [5, 5.41) is 3.89. The lowest BCUT2D eigenvalue weighted by Gasteiger charge is -2.24. The van der Waals surface area contributed by atoms with Crippen LogP contribution < -0.4 is 5.73 Å². The van der Waals surface area contributed by atoms with Crippen LogP contribution in [-0.2, 0) is 9.53 Å². The summed E-state index contributed by atoms with van der Waals surface area (Å²) in [6.45, 7) is 2.98. The molecular weight excluding hydrogens is 246 g/mol. The first kappa shape index (κ1) is 14.0. The standard InChI is InChI=1S/C13H21N3O3/c1-9-6-12(19-15-9)11-4-3-5-16(11)13(17)7-10(8-14)18-2/h6,10-11H,3-5,7-8,14H2,1-2H3. The number of rotatable bonds is 5. The first-order valence-electron chi connectivity index (χ1n) is 6.61. The Bertz CT molecular complexity index is 429. The summed E-state index contributed by atoms with van der Waals surface area (Å²) in [4.78, 5) is 14.1. The van der Waals surface area contributed by atoms with Crippen LogP contribution >= 0.6 is 0 Å². The molecule has 0 spiro atoms. The van der Waals surface area contributed by atoms with E-state index in [4.69, 9.17) is 15.0 Å². The van der Waals surface area contributed by atoms with Gasteiger partial charge in [0.2, 0.25) is 5.91 Å². The Morgan fingerprint density at radius 2 is 2.53 bits per heavy atom. The molecule has 19 heavy (non-hydrogen) atoms. The molecule has 2 atom stereocenters. The molecule has 2 unspecified atom stereocenters. The molecule has 2 heterocycles. The quantitative estimate of drug-likeness (QED) is 0.861. The monoisotopic (exact) mass is 267 g/mol. The second-order valence-corrected chi connectivity index (χ2v) is 4.91. The van der Waals surface area contributed by atoms with Crippen LogP contribution in [-0.4, -0.2) is 42.3 Å². The predicted molar refractivity (Wildman–Crippen MR) is 69.4 cm³/mol. The SMILES string of the molecule is COC(CN)CC(=O)N1CCCC1c1cc(C)no1. The van der Waals surface area contributed by atoms with Crippen LogP contribution in [0.1, 0.15) is 36.8 Å². The molecule has 1 aromatic rings. The van der Waals surface area contributed by atoms with Crippen molar-refractivity contribution in [2.24, 2.45) is 5.73 Å². The Morgan fingerprint density at radius 1 is 1.74 bits per heavy atom. The van der Waals surface area contributed by atoms with Crippen molar-refractivity contribution in [2.75, 3.05) is 20.2 Å². The molecule has 2 N–H and O–H groups in total. The van der Waals surface area contributed by atoms with E-state index in [1.54, 1.807) is 7.11 Å². The van der Waals surface area contributed by atoms with Crippen molar-refractivity contribution in [3.8, 4) is 0 Å². The van der Waals surface area contributed by atoms with Gasteiger partial charge in [-0.15, -0.1) is 0 Å². The van der Waals surface area contributed by atoms with Crippen molar-refractivity contribution in [1.82, 2.24) is 10.1 Å². The van der Waals surface area contributed by atoms with Crippen molar-refractivity contribution in [3.63, 3.8) is 0 Å². The van der Waals surface area contributed by atoms with Crippen LogP contribution in [0.3, 0.4) is 0 Å². The van der Waals surface area contributed by atoms with Crippen LogP contribution in [0.25, 0.3) is 0 Å². The van der Waals surface area contributed by atoms with E-state index in [0.717, 1.165) is 30.8 Å². The van der Waals surface area contributed by atoms with E-state index >= 15 is 0 Å². The molecule has 1 aromatic heterocycles. The maximum atomic E-state index is 12.3. The van der Waals surface area contributed by atoms with Crippen LogP contribution in [0.4, 0.5) is 0 Å². The highest BCUT2D eigenvalue weighted by Gasteiger charge is 2.33. The smallest absolute Gasteiger partial charge is 0.225 e. The number of methoxy groups -OCH3 is 1. The van der Waals surface area contributed by atoms with Crippen LogP contribution in [0, 0.1) is 6.92 Å². The maximum absolute atomic E-state index is 12.3. The Hall–Kier alpha value is -1.40. The molecule has 0 radical (unpaired) electrons. The van der Waals surface area contributed by atoms with Gasteiger partial charge in [-0.1, -0.05) is 5.16 Å². The highest BCUT2D eigenvalue weighted by atomic mass is 16.5. The molecule has 0 saturated carbocycles. The molecule has 1 amide bonds. The van der Waals surface area contributed by atoms with Gasteiger partial charge in [0.25, 0.3) is 0 Å². The number of hydrogen-bond acceptors (Lipinski definition) is 5. The largest absolute Gasteiger partial charge is 0.380 e. The van der Waals surface area contributed by atoms with Gasteiger partial charge in [0.05, 0.1) is 24.3 Å². The lowest BCUT2D eigenvalue weighted by Crippen LogP contribution is -2.35. The number of aryl methyl sites for hydroxylation is 1. The highest BCUT2D eigenvalue weighted by molar-refractivity contribution is 5.77. The number of nitrogens with zero attached hydrogens (tertiary/aromatic N) is 2. The van der Waals surface area contributed by atoms with Crippen molar-refractivity contribution >= 4 is 5.91 Å². The summed E-state index contributed by atoms with van der Waals surface area (Å²) < 4.78 is 10.5. The van der Waals surface area contributed by atoms with Gasteiger partial charge in [-0.25, -0.2) is 0 Å². The van der Waals surface area contributed by atoms with Crippen LogP contribution in [0.5, 0.6) is 0 Å². The first-order valence-corrected chi connectivity index (χ1v) is 6.61. The fourth-order valence-electron chi connectivity index (χ4n) is 2.48. The number of nitrogens with two attached hydrogens (primary N) is 1. The van der Waals surface area contributed by atoms with Gasteiger partial charge in [-0.05, 0) is 19.8 Å². The van der Waals surface area contributed by atoms with Gasteiger partial charge >= 0.3 is 0 Å². The van der Waals surface area contributed by atoms with Crippen LogP contribution in [0.2, 0.25) is 0 Å². The van der Waals surface area contributed by atoms with E-state index in [1.807, 2.05) is 17.9 Å². The predicted octanol–water partition coefficient (Wildman–Crippen LogP) is 1.01. The number of hydrogen-bond donors (Lipinski definition) is 1. The lowest BCUT2D eigenvalue weighted by molar-refractivity contribution is -0.134. The average Bonchev–Trinajstić information content (AvgIpc) is 3.03. The first-order chi connectivity index (χ1) is 9.15. The Balaban J connectivity index is 2.04. The highest BCUT2D eigenvalue weighted by Crippen LogP contribution is 2.32. The van der Waals surface area contributed by atoms with E-state index in [9.17, 15) is 4.79 Å². The molecule has 6 heteroatoms. The molecule has 1 aliphatic heterocycles. The summed E-state index contributed by atoms with van der Waals surface area (Å²) in [5.41, 5.74) is 6.39. The number of aromatic nitrogens is 1. The zero-order valence-corrected chi connectivity index (χ0v) is 11.5. The minimum Gasteiger partial charge on any atom is -0.380 e. The van der Waals surface area contributed by atoms with Crippen molar-refractivity contribution in [3.05, 3.63) is 17.5 Å². The number of ether oxygens (including phenoxy) is 1. The Morgan fingerprint density at radius 3 is 3.11 bits per heavy atom. The second kappa shape index (κ2) is 6.16. The zero-order valence-electron chi connectivity index (χ0n) is 11.5. The van der Waals surface area contributed by atoms with Crippen molar-refractivity contribution in [2.45, 2.75) is 38.3 Å². The van der Waals surface area contributed by atoms with Gasteiger partial charge < -0.3 is 19.9 Å². The van der Waals surface area contributed by atoms with Gasteiger partial charge in [-0.3, -0.25) is 4.79 Å². The molecule has 0 aromatic carbocycles. The third kappa shape index (κ3) is 3.13. The lowest BCUT2D eigenvalue weighted by atomic mass is 10.1. The Labute approximate surface area is 112 Å². The topological polar surface area (TPSA) is 81.6 Å². The molecule has 106 valence electrons. The van der Waals surface area contributed by atoms with E-state index < -0.39 is 0 Å². The minimum absolute atomic E-state index is 0.00369. The number of carbonyl (C=O) groups is 1. The Kier molecular flexibility index (Phi) is 4.55. The third-order valence-corrected chi connectivity index (χ3v) is 3.55. The number of amides is 1. The number of likely N-dealkylation sites (tertiary alicyclic amines) is 1. The van der Waals surface area contributed by atoms with Gasteiger partial charge in [0, 0.05) is 26.3 Å². The van der Waals surface area contributed by atoms with E-state index in [0.29, 0.717) is 13.0 Å². The van der Waals surface area contributed by atoms with E-state index in [2.05, 4.69) is 5.16 Å². The molecule has 0 aliphatic carbocycles. The summed E-state index contributed by atoms with van der Waals surface area (Å²) >= 11 is 0. The fraction of sp³-hybridized carbons (Fsp3) is 0.692. The molecule has 1 fully saturated rings. The van der Waals surface area contributed by atoms with Crippen LogP contribution in [0.15, 0.2) is 10.6 Å². The van der Waals surface area contributed by atoms with E-state index in [-0.39, 0.29) is 18.1 Å². The van der Waals surface area contributed by atoms with E-state index in [1.165, 1.54) is 0 Å². The minimum atomic E-state index is -0.217. The molecule has 2 rings (SSSR count). The average molecular weight is 267 g/mol. The molecule has 6 nitrogen and oxygen atoms in total. The summed E-state index contributed by atoms with van der Waals surface area (Å²) in [5.74, 6) is 0.832. The molecular formula is C13H21N3O3. The van der Waals surface area contributed by atoms with Gasteiger partial charge in [0.1, 0.15) is 0 Å². The summed E-state index contributed by atoms with van der Waals surface area (Å²) in [6.07, 6.45) is 2.00. The van der Waals surface area contributed by atoms with Crippen molar-refractivity contribution in [1.29, 1.82) is 0 Å².